The van der Waals surface area contributed by atoms with E-state index >= 15 is 0 Å². The molecule has 0 amide bonds. The van der Waals surface area contributed by atoms with E-state index in [0.29, 0.717) is 0 Å². The Morgan fingerprint density at radius 3 is 2.00 bits per heavy atom. The molecule has 0 saturated heterocycles. The molecule has 10 heavy (non-hydrogen) atoms. The molecule has 2 unspecified atom stereocenters. The molecule has 0 heteroatoms. The van der Waals surface area contributed by atoms with Crippen LogP contribution < -0.4 is 0 Å². The Balaban J connectivity index is 2.45. The number of hydrogen-bond donors (Lipinski definition) is 0. The Morgan fingerprint density at radius 2 is 1.70 bits per heavy atom. The van der Waals surface area contributed by atoms with E-state index in [1.165, 1.54) is 19.3 Å². The molecule has 0 aromatic carbocycles. The smallest absolute Gasteiger partial charge is 0.0363 e. The van der Waals surface area contributed by atoms with Crippen molar-refractivity contribution in [3.05, 3.63) is 6.92 Å². The maximum absolute atomic E-state index is 4.01. The Bertz CT molecular complexity index is 86.2. The first-order valence-corrected chi connectivity index (χ1v) is 4.55. The summed E-state index contributed by atoms with van der Waals surface area (Å²) in [6.45, 7) is 8.77. The highest BCUT2D eigenvalue weighted by Crippen LogP contribution is 2.35. The lowest BCUT2D eigenvalue weighted by Crippen LogP contribution is -2.23. The maximum Gasteiger partial charge on any atom is -0.0363 e. The fraction of sp³-hybridized carbons (Fsp3) is 0.900. The quantitative estimate of drug-likeness (QED) is 0.523. The lowest BCUT2D eigenvalue weighted by Gasteiger charge is -2.33. The molecule has 59 valence electrons. The minimum absolute atomic E-state index is 0.911. The predicted octanol–water partition coefficient (Wildman–Crippen LogP) is 3.28. The summed E-state index contributed by atoms with van der Waals surface area (Å²) in [6, 6.07) is 0. The zero-order valence-corrected chi connectivity index (χ0v) is 7.27. The van der Waals surface area contributed by atoms with Crippen molar-refractivity contribution in [2.45, 2.75) is 39.5 Å². The Hall–Kier alpha value is 0. The van der Waals surface area contributed by atoms with Gasteiger partial charge in [-0.05, 0) is 24.2 Å². The van der Waals surface area contributed by atoms with Crippen LogP contribution >= 0.6 is 0 Å². The molecule has 0 aromatic heterocycles. The summed E-state index contributed by atoms with van der Waals surface area (Å²) in [6.07, 6.45) is 5.45. The van der Waals surface area contributed by atoms with E-state index < -0.39 is 0 Å². The minimum atomic E-state index is 0.911. The van der Waals surface area contributed by atoms with Gasteiger partial charge in [-0.1, -0.05) is 40.0 Å². The molecular weight excluding hydrogens is 120 g/mol. The summed E-state index contributed by atoms with van der Waals surface area (Å²) >= 11 is 0. The summed E-state index contributed by atoms with van der Waals surface area (Å²) < 4.78 is 0. The molecule has 2 atom stereocenters. The summed E-state index contributed by atoms with van der Waals surface area (Å²) in [5, 5.41) is 0. The fourth-order valence-corrected chi connectivity index (χ4v) is 2.32. The van der Waals surface area contributed by atoms with E-state index in [2.05, 4.69) is 20.8 Å². The van der Waals surface area contributed by atoms with Gasteiger partial charge in [-0.2, -0.15) is 0 Å². The number of rotatable bonds is 1. The highest BCUT2D eigenvalue weighted by atomic mass is 14.3. The predicted molar refractivity (Wildman–Crippen MR) is 45.6 cm³/mol. The van der Waals surface area contributed by atoms with Crippen LogP contribution in [0.1, 0.15) is 39.5 Å². The lowest BCUT2D eigenvalue weighted by atomic mass is 9.72. The van der Waals surface area contributed by atoms with Gasteiger partial charge in [-0.25, -0.2) is 0 Å². The van der Waals surface area contributed by atoms with E-state index in [9.17, 15) is 0 Å². The molecule has 0 heterocycles. The molecule has 1 aliphatic rings. The van der Waals surface area contributed by atoms with E-state index in [-0.39, 0.29) is 0 Å². The second-order valence-electron chi connectivity index (χ2n) is 3.84. The van der Waals surface area contributed by atoms with Gasteiger partial charge in [0, 0.05) is 0 Å². The highest BCUT2D eigenvalue weighted by Gasteiger charge is 2.25. The normalized spacial score (nSPS) is 41.7. The van der Waals surface area contributed by atoms with E-state index in [0.717, 1.165) is 24.2 Å². The van der Waals surface area contributed by atoms with Crippen molar-refractivity contribution >= 4 is 0 Å². The largest absolute Gasteiger partial charge is 0.0622 e. The third-order valence-electron chi connectivity index (χ3n) is 3.11. The average Bonchev–Trinajstić information content (AvgIpc) is 1.88. The van der Waals surface area contributed by atoms with Crippen molar-refractivity contribution in [1.82, 2.24) is 0 Å². The molecular formula is C10H19. The third-order valence-corrected chi connectivity index (χ3v) is 3.11. The van der Waals surface area contributed by atoms with Gasteiger partial charge in [-0.3, -0.25) is 0 Å². The van der Waals surface area contributed by atoms with Crippen LogP contribution in [-0.4, -0.2) is 0 Å². The monoisotopic (exact) mass is 139 g/mol. The van der Waals surface area contributed by atoms with Crippen LogP contribution in [0.15, 0.2) is 0 Å². The average molecular weight is 139 g/mol. The van der Waals surface area contributed by atoms with Gasteiger partial charge in [0.05, 0.1) is 0 Å². The summed E-state index contributed by atoms with van der Waals surface area (Å²) in [5.41, 5.74) is 0. The first-order valence-electron chi connectivity index (χ1n) is 4.55. The van der Waals surface area contributed by atoms with Gasteiger partial charge < -0.3 is 0 Å². The molecule has 1 saturated carbocycles. The molecule has 0 aromatic rings. The lowest BCUT2D eigenvalue weighted by molar-refractivity contribution is 0.180. The Labute approximate surface area is 65.0 Å². The molecule has 0 spiro atoms. The Morgan fingerprint density at radius 1 is 1.20 bits per heavy atom. The van der Waals surface area contributed by atoms with E-state index in [4.69, 9.17) is 0 Å². The molecule has 1 radical (unpaired) electrons. The topological polar surface area (TPSA) is 0 Å². The summed E-state index contributed by atoms with van der Waals surface area (Å²) in [4.78, 5) is 0. The van der Waals surface area contributed by atoms with Crippen LogP contribution in [0.5, 0.6) is 0 Å². The molecule has 0 N–H and O–H groups in total. The zero-order valence-electron chi connectivity index (χ0n) is 7.27. The fourth-order valence-electron chi connectivity index (χ4n) is 2.32. The number of hydrogen-bond acceptors (Lipinski definition) is 0. The van der Waals surface area contributed by atoms with Crippen molar-refractivity contribution in [2.24, 2.45) is 17.8 Å². The minimum Gasteiger partial charge on any atom is -0.0622 e. The first kappa shape index (κ1) is 8.10. The van der Waals surface area contributed by atoms with Gasteiger partial charge >= 0.3 is 0 Å². The van der Waals surface area contributed by atoms with Crippen LogP contribution in [0.25, 0.3) is 0 Å². The van der Waals surface area contributed by atoms with Crippen LogP contribution in [-0.2, 0) is 0 Å². The summed E-state index contributed by atoms with van der Waals surface area (Å²) in [7, 11) is 0. The molecule has 0 bridgehead atoms. The SMILES string of the molecule is [CH2]CC1C(C)CCCC1C. The van der Waals surface area contributed by atoms with Crippen molar-refractivity contribution in [3.8, 4) is 0 Å². The Kier molecular flexibility index (Phi) is 2.76. The summed E-state index contributed by atoms with van der Waals surface area (Å²) in [5.74, 6) is 2.77. The molecule has 1 fully saturated rings. The first-order chi connectivity index (χ1) is 4.75. The third kappa shape index (κ3) is 1.53. The van der Waals surface area contributed by atoms with Crippen LogP contribution in [0.2, 0.25) is 0 Å². The second kappa shape index (κ2) is 3.41. The van der Waals surface area contributed by atoms with Crippen molar-refractivity contribution < 1.29 is 0 Å². The van der Waals surface area contributed by atoms with Gasteiger partial charge in [0.1, 0.15) is 0 Å². The van der Waals surface area contributed by atoms with Gasteiger partial charge in [0.2, 0.25) is 0 Å². The molecule has 1 aliphatic carbocycles. The highest BCUT2D eigenvalue weighted by molar-refractivity contribution is 4.77. The van der Waals surface area contributed by atoms with Crippen molar-refractivity contribution in [3.63, 3.8) is 0 Å². The van der Waals surface area contributed by atoms with Crippen LogP contribution in [0.3, 0.4) is 0 Å². The molecule has 0 aliphatic heterocycles. The van der Waals surface area contributed by atoms with Crippen molar-refractivity contribution in [1.29, 1.82) is 0 Å². The van der Waals surface area contributed by atoms with Gasteiger partial charge in [-0.15, -0.1) is 0 Å². The van der Waals surface area contributed by atoms with Crippen molar-refractivity contribution in [2.75, 3.05) is 0 Å². The van der Waals surface area contributed by atoms with Crippen LogP contribution in [0.4, 0.5) is 0 Å². The molecule has 0 nitrogen and oxygen atoms in total. The zero-order chi connectivity index (χ0) is 7.56. The van der Waals surface area contributed by atoms with Gasteiger partial charge in [0.25, 0.3) is 0 Å². The van der Waals surface area contributed by atoms with Crippen LogP contribution in [0, 0.1) is 24.7 Å². The maximum atomic E-state index is 4.01. The standard InChI is InChI=1S/C10H19/c1-4-10-8(2)6-5-7-9(10)3/h8-10H,1,4-7H2,2-3H3. The second-order valence-corrected chi connectivity index (χ2v) is 3.84. The molecule has 1 rings (SSSR count). The van der Waals surface area contributed by atoms with E-state index in [1.54, 1.807) is 0 Å². The van der Waals surface area contributed by atoms with E-state index in [1.807, 2.05) is 0 Å². The van der Waals surface area contributed by atoms with Gasteiger partial charge in [0.15, 0.2) is 0 Å².